The average Bonchev–Trinajstić information content (AvgIpc) is 3.04. The molecule has 7 nitrogen and oxygen atoms in total. The molecule has 29 heavy (non-hydrogen) atoms. The molecule has 1 amide bonds. The van der Waals surface area contributed by atoms with Gasteiger partial charge in [-0.05, 0) is 56.6 Å². The Balaban J connectivity index is 1.31. The number of pyridine rings is 1. The van der Waals surface area contributed by atoms with Crippen LogP contribution in [0, 0.1) is 0 Å². The molecule has 0 bridgehead atoms. The van der Waals surface area contributed by atoms with E-state index in [9.17, 15) is 9.59 Å². The van der Waals surface area contributed by atoms with Crippen molar-refractivity contribution in [3.05, 3.63) is 64.2 Å². The van der Waals surface area contributed by atoms with Crippen LogP contribution in [-0.2, 0) is 11.3 Å². The highest BCUT2D eigenvalue weighted by Crippen LogP contribution is 2.23. The highest BCUT2D eigenvalue weighted by atomic mass is 35.5. The van der Waals surface area contributed by atoms with Crippen molar-refractivity contribution in [2.24, 2.45) is 0 Å². The first-order valence-electron chi connectivity index (χ1n) is 9.90. The number of aromatic nitrogens is 3. The second-order valence-electron chi connectivity index (χ2n) is 7.32. The van der Waals surface area contributed by atoms with Crippen molar-refractivity contribution in [1.82, 2.24) is 19.1 Å². The number of hydrogen-bond donors (Lipinski definition) is 0. The summed E-state index contributed by atoms with van der Waals surface area (Å²) in [6.07, 6.45) is 3.46. The molecule has 152 valence electrons. The molecule has 0 radical (unpaired) electrons. The predicted molar refractivity (Wildman–Crippen MR) is 114 cm³/mol. The van der Waals surface area contributed by atoms with Gasteiger partial charge in [-0.3, -0.25) is 14.1 Å². The Bertz CT molecular complexity index is 1080. The zero-order valence-electron chi connectivity index (χ0n) is 16.4. The van der Waals surface area contributed by atoms with E-state index >= 15 is 0 Å². The van der Waals surface area contributed by atoms with Gasteiger partial charge in [-0.1, -0.05) is 23.7 Å². The SMILES string of the molecule is CC1C(=O)N(c2cccc(Cl)c2)CCN1CCCCn1nc2ccccn2c1=O. The Hall–Kier alpha value is -2.64. The quantitative estimate of drug-likeness (QED) is 0.583. The van der Waals surface area contributed by atoms with Gasteiger partial charge in [0.2, 0.25) is 5.91 Å². The van der Waals surface area contributed by atoms with E-state index in [0.717, 1.165) is 31.6 Å². The zero-order valence-corrected chi connectivity index (χ0v) is 17.1. The number of carbonyl (C=O) groups is 1. The molecule has 3 heterocycles. The maximum Gasteiger partial charge on any atom is 0.350 e. The lowest BCUT2D eigenvalue weighted by Crippen LogP contribution is -2.56. The third-order valence-electron chi connectivity index (χ3n) is 5.46. The van der Waals surface area contributed by atoms with Crippen molar-refractivity contribution in [2.75, 3.05) is 24.5 Å². The van der Waals surface area contributed by atoms with Crippen molar-refractivity contribution >= 4 is 28.8 Å². The number of amides is 1. The van der Waals surface area contributed by atoms with Crippen LogP contribution in [0.2, 0.25) is 5.02 Å². The molecule has 1 aliphatic rings. The molecule has 0 N–H and O–H groups in total. The smallest absolute Gasteiger partial charge is 0.310 e. The number of rotatable bonds is 6. The minimum Gasteiger partial charge on any atom is -0.310 e. The van der Waals surface area contributed by atoms with Crippen LogP contribution in [-0.4, -0.2) is 50.7 Å². The van der Waals surface area contributed by atoms with Crippen LogP contribution in [0.3, 0.4) is 0 Å². The van der Waals surface area contributed by atoms with Crippen LogP contribution in [0.25, 0.3) is 5.65 Å². The summed E-state index contributed by atoms with van der Waals surface area (Å²) in [7, 11) is 0. The lowest BCUT2D eigenvalue weighted by molar-refractivity contribution is -0.125. The zero-order chi connectivity index (χ0) is 20.4. The Morgan fingerprint density at radius 1 is 1.07 bits per heavy atom. The van der Waals surface area contributed by atoms with Gasteiger partial charge in [0.25, 0.3) is 0 Å². The maximum absolute atomic E-state index is 12.8. The average molecular weight is 414 g/mol. The van der Waals surface area contributed by atoms with E-state index in [1.807, 2.05) is 54.3 Å². The van der Waals surface area contributed by atoms with Crippen LogP contribution in [0.15, 0.2) is 53.5 Å². The lowest BCUT2D eigenvalue weighted by Gasteiger charge is -2.39. The van der Waals surface area contributed by atoms with Crippen LogP contribution in [0.5, 0.6) is 0 Å². The van der Waals surface area contributed by atoms with Gasteiger partial charge in [0.1, 0.15) is 0 Å². The molecular formula is C21H24ClN5O2. The topological polar surface area (TPSA) is 62.9 Å². The van der Waals surface area contributed by atoms with Crippen LogP contribution >= 0.6 is 11.6 Å². The number of carbonyl (C=O) groups excluding carboxylic acids is 1. The van der Waals surface area contributed by atoms with Crippen molar-refractivity contribution in [2.45, 2.75) is 32.4 Å². The van der Waals surface area contributed by atoms with E-state index in [-0.39, 0.29) is 17.6 Å². The van der Waals surface area contributed by atoms with Gasteiger partial charge in [0.05, 0.1) is 6.04 Å². The van der Waals surface area contributed by atoms with Gasteiger partial charge in [-0.15, -0.1) is 5.10 Å². The number of hydrogen-bond acceptors (Lipinski definition) is 4. The minimum atomic E-state index is -0.180. The van der Waals surface area contributed by atoms with Gasteiger partial charge >= 0.3 is 5.69 Å². The maximum atomic E-state index is 12.8. The van der Waals surface area contributed by atoms with Gasteiger partial charge in [-0.2, -0.15) is 0 Å². The first-order chi connectivity index (χ1) is 14.0. The predicted octanol–water partition coefficient (Wildman–Crippen LogP) is 2.67. The largest absolute Gasteiger partial charge is 0.350 e. The number of anilines is 1. The number of aryl methyl sites for hydroxylation is 1. The fourth-order valence-electron chi connectivity index (χ4n) is 3.81. The molecule has 4 rings (SSSR count). The molecule has 0 aliphatic carbocycles. The van der Waals surface area contributed by atoms with Crippen LogP contribution in [0.1, 0.15) is 19.8 Å². The molecule has 2 aromatic heterocycles. The number of benzene rings is 1. The minimum absolute atomic E-state index is 0.0927. The van der Waals surface area contributed by atoms with Crippen LogP contribution < -0.4 is 10.6 Å². The number of piperazine rings is 1. The van der Waals surface area contributed by atoms with E-state index in [4.69, 9.17) is 11.6 Å². The summed E-state index contributed by atoms with van der Waals surface area (Å²) in [5, 5.41) is 4.99. The van der Waals surface area contributed by atoms with E-state index in [1.165, 1.54) is 4.68 Å². The van der Waals surface area contributed by atoms with Crippen molar-refractivity contribution in [3.8, 4) is 0 Å². The molecule has 1 saturated heterocycles. The number of halogens is 1. The molecule has 3 aromatic rings. The van der Waals surface area contributed by atoms with E-state index < -0.39 is 0 Å². The first-order valence-corrected chi connectivity index (χ1v) is 10.3. The molecular weight excluding hydrogens is 390 g/mol. The molecule has 1 atom stereocenters. The Morgan fingerprint density at radius 3 is 2.69 bits per heavy atom. The van der Waals surface area contributed by atoms with Gasteiger partial charge < -0.3 is 4.90 Å². The third-order valence-corrected chi connectivity index (χ3v) is 5.69. The standard InChI is InChI=1S/C21H24ClN5O2/c1-16-20(28)25(18-8-6-7-17(22)15-18)14-13-24(16)10-4-5-12-27-21(29)26-11-3-2-9-19(26)23-27/h2-3,6-9,11,15-16H,4-5,10,12-14H2,1H3. The normalized spacial score (nSPS) is 17.9. The number of unbranched alkanes of at least 4 members (excludes halogenated alkanes) is 1. The van der Waals surface area contributed by atoms with E-state index in [2.05, 4.69) is 10.00 Å². The van der Waals surface area contributed by atoms with Crippen molar-refractivity contribution < 1.29 is 4.79 Å². The molecule has 1 aromatic carbocycles. The Morgan fingerprint density at radius 2 is 1.90 bits per heavy atom. The number of fused-ring (bicyclic) bond motifs is 1. The Kier molecular flexibility index (Phi) is 5.69. The van der Waals surface area contributed by atoms with Gasteiger partial charge in [-0.25, -0.2) is 9.48 Å². The highest BCUT2D eigenvalue weighted by molar-refractivity contribution is 6.30. The summed E-state index contributed by atoms with van der Waals surface area (Å²) in [5.41, 5.74) is 1.40. The second kappa shape index (κ2) is 8.39. The summed E-state index contributed by atoms with van der Waals surface area (Å²) < 4.78 is 3.07. The van der Waals surface area contributed by atoms with Gasteiger partial charge in [0.15, 0.2) is 5.65 Å². The first kappa shape index (κ1) is 19.7. The molecule has 1 aliphatic heterocycles. The van der Waals surface area contributed by atoms with Crippen molar-refractivity contribution in [1.29, 1.82) is 0 Å². The molecule has 0 spiro atoms. The summed E-state index contributed by atoms with van der Waals surface area (Å²) >= 11 is 6.07. The summed E-state index contributed by atoms with van der Waals surface area (Å²) in [6, 6.07) is 12.8. The third kappa shape index (κ3) is 4.06. The lowest BCUT2D eigenvalue weighted by atomic mass is 10.1. The Labute approximate surface area is 174 Å². The second-order valence-corrected chi connectivity index (χ2v) is 7.76. The molecule has 0 saturated carbocycles. The van der Waals surface area contributed by atoms with E-state index in [1.54, 1.807) is 10.6 Å². The highest BCUT2D eigenvalue weighted by Gasteiger charge is 2.31. The van der Waals surface area contributed by atoms with E-state index in [0.29, 0.717) is 23.8 Å². The summed E-state index contributed by atoms with van der Waals surface area (Å²) in [5.74, 6) is 0.0927. The van der Waals surface area contributed by atoms with Crippen molar-refractivity contribution in [3.63, 3.8) is 0 Å². The van der Waals surface area contributed by atoms with Crippen LogP contribution in [0.4, 0.5) is 5.69 Å². The fourth-order valence-corrected chi connectivity index (χ4v) is 3.99. The summed E-state index contributed by atoms with van der Waals surface area (Å²) in [6.45, 7) is 4.80. The number of nitrogens with zero attached hydrogens (tertiary/aromatic N) is 5. The summed E-state index contributed by atoms with van der Waals surface area (Å²) in [4.78, 5) is 29.1. The fraction of sp³-hybridized carbons (Fsp3) is 0.381. The van der Waals surface area contributed by atoms with Gasteiger partial charge in [0, 0.05) is 36.5 Å². The molecule has 1 unspecified atom stereocenters. The molecule has 1 fully saturated rings. The molecule has 8 heteroatoms. The monoisotopic (exact) mass is 413 g/mol.